The van der Waals surface area contributed by atoms with Gasteiger partial charge in [0, 0.05) is 31.1 Å². The van der Waals surface area contributed by atoms with Gasteiger partial charge in [-0.25, -0.2) is 24.9 Å². The average molecular weight is 398 g/mol. The maximum Gasteiger partial charge on any atom is 0.180 e. The van der Waals surface area contributed by atoms with Gasteiger partial charge in [0.05, 0.1) is 0 Å². The fourth-order valence-corrected chi connectivity index (χ4v) is 3.04. The number of hydrogen-bond acceptors (Lipinski definition) is 7. The fraction of sp³-hybridized carbons (Fsp3) is 0.174. The molecule has 4 aromatic rings. The zero-order chi connectivity index (χ0) is 20.8. The van der Waals surface area contributed by atoms with Crippen LogP contribution in [0.5, 0.6) is 0 Å². The number of rotatable bonds is 7. The molecule has 150 valence electrons. The Balaban J connectivity index is 1.49. The molecule has 4 rings (SSSR count). The summed E-state index contributed by atoms with van der Waals surface area (Å²) < 4.78 is 0. The first kappa shape index (κ1) is 19.6. The van der Waals surface area contributed by atoms with E-state index in [1.807, 2.05) is 49.4 Å². The molecule has 0 unspecified atom stereocenters. The fourth-order valence-electron chi connectivity index (χ4n) is 3.04. The Labute approximate surface area is 175 Å². The lowest BCUT2D eigenvalue weighted by molar-refractivity contribution is 0.299. The van der Waals surface area contributed by atoms with Crippen molar-refractivity contribution in [3.63, 3.8) is 0 Å². The van der Waals surface area contributed by atoms with Crippen molar-refractivity contribution in [1.29, 1.82) is 0 Å². The number of aryl methyl sites for hydroxylation is 1. The SMILES string of the molecule is Cc1cccc(-c2nccc(Nc3ccnc(Cc4ccc(CCO)cc4)n3)n2)n1. The largest absolute Gasteiger partial charge is 0.396 e. The molecule has 0 radical (unpaired) electrons. The minimum Gasteiger partial charge on any atom is -0.396 e. The lowest BCUT2D eigenvalue weighted by Gasteiger charge is -2.08. The van der Waals surface area contributed by atoms with Crippen molar-refractivity contribution in [2.75, 3.05) is 11.9 Å². The van der Waals surface area contributed by atoms with Crippen LogP contribution in [0, 0.1) is 6.92 Å². The lowest BCUT2D eigenvalue weighted by Crippen LogP contribution is -2.03. The van der Waals surface area contributed by atoms with E-state index in [9.17, 15) is 0 Å². The minimum atomic E-state index is 0.154. The molecule has 30 heavy (non-hydrogen) atoms. The maximum atomic E-state index is 9.03. The van der Waals surface area contributed by atoms with Crippen molar-refractivity contribution < 1.29 is 5.11 Å². The first-order chi connectivity index (χ1) is 14.7. The molecule has 0 aliphatic carbocycles. The quantitative estimate of drug-likeness (QED) is 0.492. The van der Waals surface area contributed by atoms with E-state index in [1.165, 1.54) is 0 Å². The number of anilines is 2. The van der Waals surface area contributed by atoms with E-state index >= 15 is 0 Å². The zero-order valence-electron chi connectivity index (χ0n) is 16.7. The van der Waals surface area contributed by atoms with Crippen molar-refractivity contribution in [3.8, 4) is 11.5 Å². The number of nitrogens with zero attached hydrogens (tertiary/aromatic N) is 5. The number of hydrogen-bond donors (Lipinski definition) is 2. The summed E-state index contributed by atoms with van der Waals surface area (Å²) in [7, 11) is 0. The first-order valence-electron chi connectivity index (χ1n) is 9.74. The maximum absolute atomic E-state index is 9.03. The third kappa shape index (κ3) is 5.01. The molecule has 0 atom stereocenters. The lowest BCUT2D eigenvalue weighted by atomic mass is 10.1. The Bertz CT molecular complexity index is 1130. The summed E-state index contributed by atoms with van der Waals surface area (Å²) in [5.41, 5.74) is 3.87. The Morgan fingerprint density at radius 3 is 2.30 bits per heavy atom. The van der Waals surface area contributed by atoms with E-state index in [2.05, 4.69) is 30.2 Å². The highest BCUT2D eigenvalue weighted by Gasteiger charge is 2.07. The van der Waals surface area contributed by atoms with Crippen molar-refractivity contribution in [3.05, 3.63) is 89.6 Å². The topological polar surface area (TPSA) is 96.7 Å². The number of aromatic nitrogens is 5. The molecule has 0 amide bonds. The van der Waals surface area contributed by atoms with Gasteiger partial charge in [0.1, 0.15) is 23.2 Å². The van der Waals surface area contributed by atoms with Gasteiger partial charge in [-0.05, 0) is 48.7 Å². The number of benzene rings is 1. The van der Waals surface area contributed by atoms with Crippen LogP contribution in [-0.2, 0) is 12.8 Å². The molecule has 0 saturated carbocycles. The van der Waals surface area contributed by atoms with Gasteiger partial charge in [0.25, 0.3) is 0 Å². The Morgan fingerprint density at radius 1 is 0.800 bits per heavy atom. The number of aliphatic hydroxyl groups excluding tert-OH is 1. The van der Waals surface area contributed by atoms with Crippen molar-refractivity contribution >= 4 is 11.6 Å². The van der Waals surface area contributed by atoms with E-state index in [0.717, 1.165) is 22.5 Å². The van der Waals surface area contributed by atoms with Gasteiger partial charge in [-0.3, -0.25) is 0 Å². The van der Waals surface area contributed by atoms with E-state index < -0.39 is 0 Å². The standard InChI is InChI=1S/C23H22N6O/c1-16-3-2-4-19(26-16)23-25-13-10-21(29-23)27-20-9-12-24-22(28-20)15-18-7-5-17(6-8-18)11-14-30/h2-10,12-13,30H,11,14-15H2,1H3,(H,24,25,27,28,29). The van der Waals surface area contributed by atoms with Gasteiger partial charge >= 0.3 is 0 Å². The summed E-state index contributed by atoms with van der Waals surface area (Å²) in [6.07, 6.45) is 4.71. The smallest absolute Gasteiger partial charge is 0.180 e. The molecule has 0 spiro atoms. The van der Waals surface area contributed by atoms with Crippen molar-refractivity contribution in [2.24, 2.45) is 0 Å². The summed E-state index contributed by atoms with van der Waals surface area (Å²) >= 11 is 0. The second-order valence-corrected chi connectivity index (χ2v) is 6.88. The molecule has 2 N–H and O–H groups in total. The summed E-state index contributed by atoms with van der Waals surface area (Å²) in [6.45, 7) is 2.09. The van der Waals surface area contributed by atoms with Crippen molar-refractivity contribution in [1.82, 2.24) is 24.9 Å². The molecular weight excluding hydrogens is 376 g/mol. The molecule has 7 nitrogen and oxygen atoms in total. The van der Waals surface area contributed by atoms with Crippen LogP contribution in [-0.4, -0.2) is 36.6 Å². The first-order valence-corrected chi connectivity index (χ1v) is 9.74. The van der Waals surface area contributed by atoms with Crippen LogP contribution in [0.15, 0.2) is 67.0 Å². The monoisotopic (exact) mass is 398 g/mol. The van der Waals surface area contributed by atoms with Gasteiger partial charge in [-0.15, -0.1) is 0 Å². The van der Waals surface area contributed by atoms with Crippen LogP contribution in [0.25, 0.3) is 11.5 Å². The molecule has 7 heteroatoms. The highest BCUT2D eigenvalue weighted by atomic mass is 16.2. The molecule has 0 fully saturated rings. The zero-order valence-corrected chi connectivity index (χ0v) is 16.7. The molecular formula is C23H22N6O. The summed E-state index contributed by atoms with van der Waals surface area (Å²) in [4.78, 5) is 22.3. The second kappa shape index (κ2) is 9.19. The second-order valence-electron chi connectivity index (χ2n) is 6.88. The van der Waals surface area contributed by atoms with Gasteiger partial charge in [0.15, 0.2) is 5.82 Å². The van der Waals surface area contributed by atoms with E-state index in [1.54, 1.807) is 24.5 Å². The summed E-state index contributed by atoms with van der Waals surface area (Å²) in [5, 5.41) is 12.3. The third-order valence-electron chi connectivity index (χ3n) is 4.52. The Kier molecular flexibility index (Phi) is 6.01. The minimum absolute atomic E-state index is 0.154. The van der Waals surface area contributed by atoms with Crippen LogP contribution < -0.4 is 5.32 Å². The highest BCUT2D eigenvalue weighted by Crippen LogP contribution is 2.17. The molecule has 0 aliphatic heterocycles. The van der Waals surface area contributed by atoms with Crippen molar-refractivity contribution in [2.45, 2.75) is 19.8 Å². The molecule has 3 heterocycles. The predicted octanol–water partition coefficient (Wildman–Crippen LogP) is 3.51. The van der Waals surface area contributed by atoms with E-state index in [-0.39, 0.29) is 6.61 Å². The van der Waals surface area contributed by atoms with Crippen LogP contribution >= 0.6 is 0 Å². The van der Waals surface area contributed by atoms with Crippen LogP contribution in [0.1, 0.15) is 22.6 Å². The molecule has 1 aromatic carbocycles. The van der Waals surface area contributed by atoms with Crippen LogP contribution in [0.4, 0.5) is 11.6 Å². The molecule has 0 aliphatic rings. The third-order valence-corrected chi connectivity index (χ3v) is 4.52. The van der Waals surface area contributed by atoms with Gasteiger partial charge in [0.2, 0.25) is 0 Å². The Morgan fingerprint density at radius 2 is 1.53 bits per heavy atom. The normalized spacial score (nSPS) is 10.7. The molecule has 0 bridgehead atoms. The summed E-state index contributed by atoms with van der Waals surface area (Å²) in [5.74, 6) is 2.57. The van der Waals surface area contributed by atoms with Crippen LogP contribution in [0.2, 0.25) is 0 Å². The van der Waals surface area contributed by atoms with E-state index in [0.29, 0.717) is 36.1 Å². The summed E-state index contributed by atoms with van der Waals surface area (Å²) in [6, 6.07) is 17.5. The van der Waals surface area contributed by atoms with Gasteiger partial charge in [-0.2, -0.15) is 0 Å². The number of pyridine rings is 1. The molecule has 0 saturated heterocycles. The van der Waals surface area contributed by atoms with Crippen LogP contribution in [0.3, 0.4) is 0 Å². The van der Waals surface area contributed by atoms with Gasteiger partial charge in [-0.1, -0.05) is 30.3 Å². The number of aliphatic hydroxyl groups is 1. The Hall–Kier alpha value is -3.71. The average Bonchev–Trinajstić information content (AvgIpc) is 2.76. The van der Waals surface area contributed by atoms with E-state index in [4.69, 9.17) is 5.11 Å². The number of nitrogens with one attached hydrogen (secondary N) is 1. The van der Waals surface area contributed by atoms with Gasteiger partial charge < -0.3 is 10.4 Å². The highest BCUT2D eigenvalue weighted by molar-refractivity contribution is 5.56. The molecule has 3 aromatic heterocycles. The predicted molar refractivity (Wildman–Crippen MR) is 115 cm³/mol.